The van der Waals surface area contributed by atoms with Crippen LogP contribution in [0.1, 0.15) is 31.2 Å². The van der Waals surface area contributed by atoms with Crippen molar-refractivity contribution in [2.45, 2.75) is 32.2 Å². The average molecular weight is 204 g/mol. The highest BCUT2D eigenvalue weighted by Gasteiger charge is 1.92. The van der Waals surface area contributed by atoms with Crippen molar-refractivity contribution in [1.82, 2.24) is 11.1 Å². The lowest BCUT2D eigenvalue weighted by Gasteiger charge is -2.02. The zero-order valence-electron chi connectivity index (χ0n) is 9.28. The van der Waals surface area contributed by atoms with Crippen LogP contribution in [-0.2, 0) is 6.54 Å². The number of unbranched alkanes of at least 4 members (excludes halogenated alkanes) is 3. The molecular weight excluding hydrogens is 184 g/mol. The first-order valence-corrected chi connectivity index (χ1v) is 5.75. The fourth-order valence-electron chi connectivity index (χ4n) is 1.49. The summed E-state index contributed by atoms with van der Waals surface area (Å²) in [4.78, 5) is 0. The van der Waals surface area contributed by atoms with Gasteiger partial charge < -0.3 is 0 Å². The zero-order chi connectivity index (χ0) is 10.8. The molecule has 1 aromatic carbocycles. The second kappa shape index (κ2) is 8.45. The summed E-state index contributed by atoms with van der Waals surface area (Å²) in [6.45, 7) is 2.38. The normalized spacial score (nSPS) is 10.5. The highest BCUT2D eigenvalue weighted by Crippen LogP contribution is 2.00. The minimum absolute atomic E-state index is 0.571. The van der Waals surface area contributed by atoms with E-state index in [0.717, 1.165) is 19.5 Å². The molecule has 0 aliphatic heterocycles. The minimum atomic E-state index is 0.571. The number of hydrogen-bond acceptors (Lipinski definition) is 0. The Morgan fingerprint density at radius 1 is 0.933 bits per heavy atom. The van der Waals surface area contributed by atoms with E-state index in [1.54, 1.807) is 0 Å². The molecule has 2 heteroatoms. The highest BCUT2D eigenvalue weighted by atomic mass is 14.8. The van der Waals surface area contributed by atoms with Gasteiger partial charge in [-0.1, -0.05) is 43.2 Å². The summed E-state index contributed by atoms with van der Waals surface area (Å²) in [7, 11) is 0. The molecule has 0 aromatic heterocycles. The van der Waals surface area contributed by atoms with Crippen LogP contribution in [0.4, 0.5) is 0 Å². The van der Waals surface area contributed by atoms with Crippen LogP contribution in [0.3, 0.4) is 0 Å². The molecule has 2 radical (unpaired) electrons. The lowest BCUT2D eigenvalue weighted by molar-refractivity contribution is 0.581. The number of benzene rings is 1. The average Bonchev–Trinajstić information content (AvgIpc) is 2.29. The van der Waals surface area contributed by atoms with Gasteiger partial charge in [-0.3, -0.25) is 5.73 Å². The van der Waals surface area contributed by atoms with Gasteiger partial charge in [-0.15, -0.1) is 0 Å². The molecule has 2 nitrogen and oxygen atoms in total. The third-order valence-corrected chi connectivity index (χ3v) is 2.38. The van der Waals surface area contributed by atoms with Crippen LogP contribution in [0.5, 0.6) is 0 Å². The Morgan fingerprint density at radius 3 is 2.40 bits per heavy atom. The van der Waals surface area contributed by atoms with Gasteiger partial charge in [0, 0.05) is 19.6 Å². The van der Waals surface area contributed by atoms with Crippen LogP contribution in [0, 0.1) is 0 Å². The Balaban J connectivity index is 1.93. The molecule has 0 spiro atoms. The van der Waals surface area contributed by atoms with Gasteiger partial charge in [0.05, 0.1) is 0 Å². The number of rotatable bonds is 8. The summed E-state index contributed by atoms with van der Waals surface area (Å²) < 4.78 is 0. The quantitative estimate of drug-likeness (QED) is 0.584. The number of nitrogens with one attached hydrogen (secondary N) is 1. The molecule has 0 saturated carbocycles. The summed E-state index contributed by atoms with van der Waals surface area (Å²) in [5, 5.41) is 4.49. The molecule has 0 aliphatic rings. The van der Waals surface area contributed by atoms with Crippen LogP contribution in [0.25, 0.3) is 0 Å². The van der Waals surface area contributed by atoms with Gasteiger partial charge in [-0.25, -0.2) is 5.32 Å². The predicted molar refractivity (Wildman–Crippen MR) is 63.6 cm³/mol. The molecule has 0 atom stereocenters. The molecule has 0 fully saturated rings. The third-order valence-electron chi connectivity index (χ3n) is 2.38. The van der Waals surface area contributed by atoms with Crippen LogP contribution in [0.15, 0.2) is 30.3 Å². The molecule has 1 aromatic rings. The highest BCUT2D eigenvalue weighted by molar-refractivity contribution is 5.14. The van der Waals surface area contributed by atoms with Crippen LogP contribution < -0.4 is 11.1 Å². The van der Waals surface area contributed by atoms with Gasteiger partial charge >= 0.3 is 0 Å². The van der Waals surface area contributed by atoms with E-state index in [1.165, 1.54) is 24.8 Å². The maximum atomic E-state index is 7.01. The first-order chi connectivity index (χ1) is 7.43. The maximum Gasteiger partial charge on any atom is 0.0384 e. The van der Waals surface area contributed by atoms with E-state index in [2.05, 4.69) is 29.6 Å². The van der Waals surface area contributed by atoms with Gasteiger partial charge in [0.25, 0.3) is 0 Å². The molecule has 0 heterocycles. The van der Waals surface area contributed by atoms with Crippen molar-refractivity contribution in [3.63, 3.8) is 0 Å². The summed E-state index contributed by atoms with van der Waals surface area (Å²) in [5.41, 5.74) is 8.30. The van der Waals surface area contributed by atoms with Crippen molar-refractivity contribution in [3.8, 4) is 0 Å². The fraction of sp³-hybridized carbons (Fsp3) is 0.538. The summed E-state index contributed by atoms with van der Waals surface area (Å²) in [6, 6.07) is 10.4. The fourth-order valence-corrected chi connectivity index (χ4v) is 1.49. The zero-order valence-corrected chi connectivity index (χ0v) is 9.28. The molecule has 0 saturated heterocycles. The van der Waals surface area contributed by atoms with Crippen molar-refractivity contribution < 1.29 is 0 Å². The summed E-state index contributed by atoms with van der Waals surface area (Å²) >= 11 is 0. The molecule has 1 N–H and O–H groups in total. The molecule has 15 heavy (non-hydrogen) atoms. The van der Waals surface area contributed by atoms with E-state index >= 15 is 0 Å². The van der Waals surface area contributed by atoms with Crippen molar-refractivity contribution in [2.75, 3.05) is 13.1 Å². The van der Waals surface area contributed by atoms with Crippen LogP contribution >= 0.6 is 0 Å². The first-order valence-electron chi connectivity index (χ1n) is 5.75. The van der Waals surface area contributed by atoms with E-state index in [-0.39, 0.29) is 0 Å². The molecule has 1 rings (SSSR count). The second-order valence-electron chi connectivity index (χ2n) is 3.76. The van der Waals surface area contributed by atoms with E-state index < -0.39 is 0 Å². The van der Waals surface area contributed by atoms with Crippen molar-refractivity contribution in [1.29, 1.82) is 0 Å². The van der Waals surface area contributed by atoms with Crippen molar-refractivity contribution in [2.24, 2.45) is 0 Å². The monoisotopic (exact) mass is 204 g/mol. The molecule has 0 unspecified atom stereocenters. The topological polar surface area (TPSA) is 37.9 Å². The molecule has 82 valence electrons. The van der Waals surface area contributed by atoms with Crippen LogP contribution in [0.2, 0.25) is 0 Å². The lowest BCUT2D eigenvalue weighted by Crippen LogP contribution is -2.06. The molecule has 0 amide bonds. The lowest BCUT2D eigenvalue weighted by atomic mass is 10.2. The van der Waals surface area contributed by atoms with E-state index in [0.29, 0.717) is 6.54 Å². The van der Waals surface area contributed by atoms with Gasteiger partial charge in [-0.2, -0.15) is 0 Å². The molecule has 0 bridgehead atoms. The van der Waals surface area contributed by atoms with Crippen LogP contribution in [-0.4, -0.2) is 13.1 Å². The Labute approximate surface area is 92.9 Å². The van der Waals surface area contributed by atoms with Crippen molar-refractivity contribution in [3.05, 3.63) is 35.9 Å². The van der Waals surface area contributed by atoms with Gasteiger partial charge in [0.15, 0.2) is 0 Å². The Bertz CT molecular complexity index is 234. The number of nitrogens with zero attached hydrogens (tertiary/aromatic N) is 1. The van der Waals surface area contributed by atoms with E-state index in [4.69, 9.17) is 5.73 Å². The second-order valence-corrected chi connectivity index (χ2v) is 3.76. The summed E-state index contributed by atoms with van der Waals surface area (Å²) in [6.07, 6.45) is 4.62. The standard InChI is InChI=1S/C13H20N2/c14-10-6-1-2-7-11-15-12-13-8-4-3-5-9-13/h3-5,8-9,14H,1-2,6-7,10-12H2. The maximum absolute atomic E-state index is 7.01. The van der Waals surface area contributed by atoms with E-state index in [1.807, 2.05) is 6.07 Å². The molecule has 0 aliphatic carbocycles. The smallest absolute Gasteiger partial charge is 0.0384 e. The predicted octanol–water partition coefficient (Wildman–Crippen LogP) is 2.63. The SMILES string of the molecule is [NH]CCCCCC[N]Cc1ccccc1. The minimum Gasteiger partial charge on any atom is -0.258 e. The van der Waals surface area contributed by atoms with Crippen molar-refractivity contribution >= 4 is 0 Å². The Hall–Kier alpha value is -0.860. The van der Waals surface area contributed by atoms with Gasteiger partial charge in [0.1, 0.15) is 0 Å². The Morgan fingerprint density at radius 2 is 1.67 bits per heavy atom. The molecular formula is C13H20N2. The number of hydrogen-bond donors (Lipinski definition) is 0. The first kappa shape index (κ1) is 12.2. The van der Waals surface area contributed by atoms with Gasteiger partial charge in [0.2, 0.25) is 0 Å². The largest absolute Gasteiger partial charge is 0.258 e. The van der Waals surface area contributed by atoms with Gasteiger partial charge in [-0.05, 0) is 18.4 Å². The Kier molecular flexibility index (Phi) is 6.88. The summed E-state index contributed by atoms with van der Waals surface area (Å²) in [5.74, 6) is 0. The van der Waals surface area contributed by atoms with E-state index in [9.17, 15) is 0 Å². The third kappa shape index (κ3) is 6.26.